The molecule has 0 aliphatic carbocycles. The van der Waals surface area contributed by atoms with Crippen LogP contribution in [0, 0.1) is 6.92 Å². The maximum absolute atomic E-state index is 9.34. The zero-order valence-corrected chi connectivity index (χ0v) is 7.64. The Kier molecular flexibility index (Phi) is 2.14. The van der Waals surface area contributed by atoms with Gasteiger partial charge in [-0.2, -0.15) is 5.10 Å². The Morgan fingerprint density at radius 1 is 1.62 bits per heavy atom. The largest absolute Gasteiger partial charge is 0.391 e. The minimum atomic E-state index is -0.206. The van der Waals surface area contributed by atoms with Crippen LogP contribution in [0.3, 0.4) is 0 Å². The second kappa shape index (κ2) is 3.30. The molecule has 0 amide bonds. The molecule has 1 fully saturated rings. The fraction of sp³-hybridized carbons (Fsp3) is 0.556. The molecule has 1 aromatic rings. The highest BCUT2D eigenvalue weighted by Gasteiger charge is 2.21. The lowest BCUT2D eigenvalue weighted by Gasteiger charge is -2.15. The fourth-order valence-corrected chi connectivity index (χ4v) is 1.55. The van der Waals surface area contributed by atoms with E-state index in [0.29, 0.717) is 6.54 Å². The van der Waals surface area contributed by atoms with Crippen LogP contribution in [0.1, 0.15) is 12.0 Å². The Morgan fingerprint density at radius 3 is 3.08 bits per heavy atom. The summed E-state index contributed by atoms with van der Waals surface area (Å²) < 4.78 is 0. The molecule has 4 nitrogen and oxygen atoms in total. The molecular formula is C9H13N3O. The topological polar surface area (TPSA) is 49.2 Å². The van der Waals surface area contributed by atoms with Crippen molar-refractivity contribution in [3.8, 4) is 0 Å². The van der Waals surface area contributed by atoms with Gasteiger partial charge in [0.2, 0.25) is 0 Å². The van der Waals surface area contributed by atoms with Gasteiger partial charge in [-0.25, -0.2) is 0 Å². The monoisotopic (exact) mass is 179 g/mol. The quantitative estimate of drug-likeness (QED) is 0.676. The SMILES string of the molecule is Cc1cnnc(N2CC[C@@H](O)C2)c1. The fourth-order valence-electron chi connectivity index (χ4n) is 1.55. The highest BCUT2D eigenvalue weighted by Crippen LogP contribution is 2.17. The molecule has 70 valence electrons. The molecule has 1 atom stereocenters. The summed E-state index contributed by atoms with van der Waals surface area (Å²) in [6.45, 7) is 3.54. The van der Waals surface area contributed by atoms with Gasteiger partial charge in [-0.05, 0) is 25.0 Å². The first-order chi connectivity index (χ1) is 6.25. The maximum Gasteiger partial charge on any atom is 0.151 e. The lowest BCUT2D eigenvalue weighted by atomic mass is 10.3. The van der Waals surface area contributed by atoms with Crippen molar-refractivity contribution in [2.75, 3.05) is 18.0 Å². The van der Waals surface area contributed by atoms with E-state index in [-0.39, 0.29) is 6.10 Å². The van der Waals surface area contributed by atoms with Gasteiger partial charge >= 0.3 is 0 Å². The lowest BCUT2D eigenvalue weighted by molar-refractivity contribution is 0.198. The van der Waals surface area contributed by atoms with Gasteiger partial charge in [0, 0.05) is 13.1 Å². The Balaban J connectivity index is 2.16. The molecule has 13 heavy (non-hydrogen) atoms. The number of rotatable bonds is 1. The molecule has 1 N–H and O–H groups in total. The Morgan fingerprint density at radius 2 is 2.46 bits per heavy atom. The van der Waals surface area contributed by atoms with E-state index in [1.807, 2.05) is 13.0 Å². The van der Waals surface area contributed by atoms with Crippen LogP contribution < -0.4 is 4.90 Å². The minimum Gasteiger partial charge on any atom is -0.391 e. The molecule has 0 unspecified atom stereocenters. The molecule has 1 aromatic heterocycles. The van der Waals surface area contributed by atoms with Gasteiger partial charge in [-0.15, -0.1) is 5.10 Å². The summed E-state index contributed by atoms with van der Waals surface area (Å²) in [5.41, 5.74) is 1.10. The van der Waals surface area contributed by atoms with E-state index in [1.165, 1.54) is 0 Å². The number of aromatic nitrogens is 2. The van der Waals surface area contributed by atoms with Crippen molar-refractivity contribution in [2.45, 2.75) is 19.4 Å². The highest BCUT2D eigenvalue weighted by molar-refractivity contribution is 5.40. The van der Waals surface area contributed by atoms with E-state index < -0.39 is 0 Å². The zero-order chi connectivity index (χ0) is 9.26. The average Bonchev–Trinajstić information content (AvgIpc) is 2.52. The number of hydrogen-bond donors (Lipinski definition) is 1. The zero-order valence-electron chi connectivity index (χ0n) is 7.64. The van der Waals surface area contributed by atoms with Crippen LogP contribution in [0.4, 0.5) is 5.82 Å². The summed E-state index contributed by atoms with van der Waals surface area (Å²) in [6, 6.07) is 1.99. The Hall–Kier alpha value is -1.16. The molecule has 4 heteroatoms. The molecule has 2 heterocycles. The minimum absolute atomic E-state index is 0.206. The van der Waals surface area contributed by atoms with Gasteiger partial charge in [-0.3, -0.25) is 0 Å². The number of hydrogen-bond acceptors (Lipinski definition) is 4. The molecule has 0 bridgehead atoms. The molecule has 2 rings (SSSR count). The van der Waals surface area contributed by atoms with Crippen LogP contribution >= 0.6 is 0 Å². The van der Waals surface area contributed by atoms with E-state index in [2.05, 4.69) is 15.1 Å². The number of β-amino-alcohol motifs (C(OH)–C–C–N with tert-alkyl or cyclic N) is 1. The van der Waals surface area contributed by atoms with Crippen molar-refractivity contribution in [1.82, 2.24) is 10.2 Å². The van der Waals surface area contributed by atoms with E-state index in [9.17, 15) is 5.11 Å². The molecule has 1 aliphatic rings. The normalized spacial score (nSPS) is 22.3. The number of aliphatic hydroxyl groups is 1. The van der Waals surface area contributed by atoms with Crippen LogP contribution in [0.5, 0.6) is 0 Å². The molecule has 0 aromatic carbocycles. The lowest BCUT2D eigenvalue weighted by Crippen LogP contribution is -2.22. The van der Waals surface area contributed by atoms with Gasteiger partial charge in [-0.1, -0.05) is 0 Å². The predicted molar refractivity (Wildman–Crippen MR) is 49.6 cm³/mol. The number of nitrogens with zero attached hydrogens (tertiary/aromatic N) is 3. The maximum atomic E-state index is 9.34. The Bertz CT molecular complexity index is 303. The first-order valence-corrected chi connectivity index (χ1v) is 4.48. The second-order valence-electron chi connectivity index (χ2n) is 3.48. The first kappa shape index (κ1) is 8.44. The summed E-state index contributed by atoms with van der Waals surface area (Å²) in [4.78, 5) is 2.06. The van der Waals surface area contributed by atoms with Gasteiger partial charge in [0.25, 0.3) is 0 Å². The molecule has 1 saturated heterocycles. The van der Waals surface area contributed by atoms with Crippen molar-refractivity contribution >= 4 is 5.82 Å². The van der Waals surface area contributed by atoms with Crippen molar-refractivity contribution in [2.24, 2.45) is 0 Å². The van der Waals surface area contributed by atoms with Gasteiger partial charge < -0.3 is 10.0 Å². The number of aryl methyl sites for hydroxylation is 1. The molecule has 0 spiro atoms. The molecular weight excluding hydrogens is 166 g/mol. The van der Waals surface area contributed by atoms with Gasteiger partial charge in [0.1, 0.15) is 0 Å². The van der Waals surface area contributed by atoms with Crippen LogP contribution in [0.25, 0.3) is 0 Å². The van der Waals surface area contributed by atoms with E-state index >= 15 is 0 Å². The summed E-state index contributed by atoms with van der Waals surface area (Å²) in [7, 11) is 0. The summed E-state index contributed by atoms with van der Waals surface area (Å²) in [5, 5.41) is 17.2. The third-order valence-corrected chi connectivity index (χ3v) is 2.27. The van der Waals surface area contributed by atoms with Crippen LogP contribution in [0.2, 0.25) is 0 Å². The standard InChI is InChI=1S/C9H13N3O/c1-7-4-9(11-10-5-7)12-3-2-8(13)6-12/h4-5,8,13H,2-3,6H2,1H3/t8-/m1/s1. The summed E-state index contributed by atoms with van der Waals surface area (Å²) >= 11 is 0. The third-order valence-electron chi connectivity index (χ3n) is 2.27. The van der Waals surface area contributed by atoms with Crippen molar-refractivity contribution in [3.05, 3.63) is 17.8 Å². The van der Waals surface area contributed by atoms with Crippen LogP contribution in [-0.4, -0.2) is 34.5 Å². The summed E-state index contributed by atoms with van der Waals surface area (Å²) in [5.74, 6) is 0.872. The number of anilines is 1. The van der Waals surface area contributed by atoms with E-state index in [4.69, 9.17) is 0 Å². The van der Waals surface area contributed by atoms with E-state index in [1.54, 1.807) is 6.20 Å². The second-order valence-corrected chi connectivity index (χ2v) is 3.48. The van der Waals surface area contributed by atoms with Crippen LogP contribution in [0.15, 0.2) is 12.3 Å². The molecule has 0 radical (unpaired) electrons. The highest BCUT2D eigenvalue weighted by atomic mass is 16.3. The number of aliphatic hydroxyl groups excluding tert-OH is 1. The third kappa shape index (κ3) is 1.78. The molecule has 0 saturated carbocycles. The smallest absolute Gasteiger partial charge is 0.151 e. The van der Waals surface area contributed by atoms with Crippen molar-refractivity contribution in [1.29, 1.82) is 0 Å². The predicted octanol–water partition coefficient (Wildman–Crippen LogP) is 0.356. The average molecular weight is 179 g/mol. The van der Waals surface area contributed by atoms with Crippen LogP contribution in [-0.2, 0) is 0 Å². The van der Waals surface area contributed by atoms with Gasteiger partial charge in [0.05, 0.1) is 12.3 Å². The Labute approximate surface area is 77.2 Å². The van der Waals surface area contributed by atoms with E-state index in [0.717, 1.165) is 24.3 Å². The summed E-state index contributed by atoms with van der Waals surface area (Å²) in [6.07, 6.45) is 2.35. The van der Waals surface area contributed by atoms with Crippen molar-refractivity contribution < 1.29 is 5.11 Å². The molecule has 1 aliphatic heterocycles. The first-order valence-electron chi connectivity index (χ1n) is 4.48. The van der Waals surface area contributed by atoms with Gasteiger partial charge in [0.15, 0.2) is 5.82 Å². The van der Waals surface area contributed by atoms with Crippen molar-refractivity contribution in [3.63, 3.8) is 0 Å².